The molecule has 1 aromatic carbocycles. The van der Waals surface area contributed by atoms with Crippen LogP contribution in [0.1, 0.15) is 30.4 Å². The van der Waals surface area contributed by atoms with E-state index in [0.29, 0.717) is 24.9 Å². The first-order chi connectivity index (χ1) is 13.1. The second-order valence-electron chi connectivity index (χ2n) is 6.31. The van der Waals surface area contributed by atoms with Gasteiger partial charge in [-0.05, 0) is 31.9 Å². The van der Waals surface area contributed by atoms with Crippen molar-refractivity contribution in [2.45, 2.75) is 25.8 Å². The largest absolute Gasteiger partial charge is 0.463 e. The zero-order valence-corrected chi connectivity index (χ0v) is 15.0. The molecule has 3 rings (SSSR count). The van der Waals surface area contributed by atoms with Crippen molar-refractivity contribution in [2.75, 3.05) is 13.2 Å². The number of nitrogens with zero attached hydrogens (tertiary/aromatic N) is 1. The Labute approximate surface area is 156 Å². The predicted molar refractivity (Wildman–Crippen MR) is 98.9 cm³/mol. The van der Waals surface area contributed by atoms with Crippen molar-refractivity contribution < 1.29 is 19.1 Å². The number of fused-ring (bicyclic) bond motifs is 1. The summed E-state index contributed by atoms with van der Waals surface area (Å²) in [7, 11) is 0. The highest BCUT2D eigenvalue weighted by molar-refractivity contribution is 5.94. The topological polar surface area (TPSA) is 113 Å². The number of carbonyl (C=O) groups excluding carboxylic acids is 3. The normalized spacial score (nSPS) is 17.8. The van der Waals surface area contributed by atoms with E-state index in [4.69, 9.17) is 4.74 Å². The number of aromatic amines is 1. The monoisotopic (exact) mass is 370 g/mol. The Morgan fingerprint density at radius 3 is 2.93 bits per heavy atom. The minimum Gasteiger partial charge on any atom is -0.463 e. The van der Waals surface area contributed by atoms with E-state index in [9.17, 15) is 14.4 Å². The molecule has 1 aliphatic heterocycles. The van der Waals surface area contributed by atoms with Crippen molar-refractivity contribution in [3.63, 3.8) is 0 Å². The molecule has 0 saturated carbocycles. The first-order valence-electron chi connectivity index (χ1n) is 8.95. The SMILES string of the molecule is CCOC(=O)/C=C/C(CC1CCNC1=O)NC(=O)c1nc2ccccc2[nH]1. The van der Waals surface area contributed by atoms with Gasteiger partial charge in [-0.2, -0.15) is 0 Å². The lowest BCUT2D eigenvalue weighted by atomic mass is 9.98. The van der Waals surface area contributed by atoms with Gasteiger partial charge >= 0.3 is 5.97 Å². The van der Waals surface area contributed by atoms with Gasteiger partial charge in [0.15, 0.2) is 5.82 Å². The molecule has 0 radical (unpaired) electrons. The van der Waals surface area contributed by atoms with E-state index in [1.807, 2.05) is 24.3 Å². The third kappa shape index (κ3) is 4.72. The molecule has 0 aliphatic carbocycles. The summed E-state index contributed by atoms with van der Waals surface area (Å²) in [6, 6.07) is 6.84. The van der Waals surface area contributed by atoms with Gasteiger partial charge in [-0.1, -0.05) is 18.2 Å². The Morgan fingerprint density at radius 2 is 2.22 bits per heavy atom. The molecular formula is C19H22N4O4. The summed E-state index contributed by atoms with van der Waals surface area (Å²) in [5.41, 5.74) is 1.45. The summed E-state index contributed by atoms with van der Waals surface area (Å²) in [5, 5.41) is 5.61. The molecule has 0 bridgehead atoms. The molecule has 2 heterocycles. The Balaban J connectivity index is 1.73. The molecule has 1 fully saturated rings. The molecule has 2 amide bonds. The molecule has 2 aromatic rings. The molecular weight excluding hydrogens is 348 g/mol. The number of esters is 1. The van der Waals surface area contributed by atoms with E-state index in [-0.39, 0.29) is 24.3 Å². The Bertz CT molecular complexity index is 840. The number of benzene rings is 1. The molecule has 2 atom stereocenters. The lowest BCUT2D eigenvalue weighted by Gasteiger charge is -2.17. The van der Waals surface area contributed by atoms with E-state index >= 15 is 0 Å². The Morgan fingerprint density at radius 1 is 1.41 bits per heavy atom. The summed E-state index contributed by atoms with van der Waals surface area (Å²) in [4.78, 5) is 43.3. The van der Waals surface area contributed by atoms with Crippen LogP contribution in [0.3, 0.4) is 0 Å². The molecule has 0 spiro atoms. The summed E-state index contributed by atoms with van der Waals surface area (Å²) in [6.07, 6.45) is 3.93. The van der Waals surface area contributed by atoms with Crippen molar-refractivity contribution in [2.24, 2.45) is 5.92 Å². The molecule has 2 unspecified atom stereocenters. The Kier molecular flexibility index (Phi) is 5.85. The van der Waals surface area contributed by atoms with Crippen molar-refractivity contribution >= 4 is 28.8 Å². The molecule has 3 N–H and O–H groups in total. The van der Waals surface area contributed by atoms with Gasteiger partial charge in [0.2, 0.25) is 5.91 Å². The number of ether oxygens (including phenoxy) is 1. The van der Waals surface area contributed by atoms with Gasteiger partial charge in [-0.3, -0.25) is 9.59 Å². The first kappa shape index (κ1) is 18.6. The van der Waals surface area contributed by atoms with Gasteiger partial charge in [-0.25, -0.2) is 9.78 Å². The molecule has 1 aromatic heterocycles. The van der Waals surface area contributed by atoms with Crippen LogP contribution in [0.4, 0.5) is 0 Å². The van der Waals surface area contributed by atoms with Crippen LogP contribution in [0.15, 0.2) is 36.4 Å². The second-order valence-corrected chi connectivity index (χ2v) is 6.31. The number of imidazole rings is 1. The lowest BCUT2D eigenvalue weighted by molar-refractivity contribution is -0.137. The fraction of sp³-hybridized carbons (Fsp3) is 0.368. The van der Waals surface area contributed by atoms with Crippen molar-refractivity contribution in [3.8, 4) is 0 Å². The van der Waals surface area contributed by atoms with Crippen LogP contribution < -0.4 is 10.6 Å². The van der Waals surface area contributed by atoms with E-state index in [2.05, 4.69) is 20.6 Å². The van der Waals surface area contributed by atoms with Gasteiger partial charge < -0.3 is 20.4 Å². The standard InChI is InChI=1S/C19H22N4O4/c1-2-27-16(24)8-7-13(11-12-9-10-20-18(12)25)21-19(26)17-22-14-5-3-4-6-15(14)23-17/h3-8,12-13H,2,9-11H2,1H3,(H,20,25)(H,21,26)(H,22,23)/b8-7+. The number of hydrogen-bond acceptors (Lipinski definition) is 5. The predicted octanol–water partition coefficient (Wildman–Crippen LogP) is 1.31. The van der Waals surface area contributed by atoms with Crippen molar-refractivity contribution in [3.05, 3.63) is 42.2 Å². The molecule has 27 heavy (non-hydrogen) atoms. The fourth-order valence-corrected chi connectivity index (χ4v) is 3.04. The van der Waals surface area contributed by atoms with E-state index < -0.39 is 17.9 Å². The third-order valence-corrected chi connectivity index (χ3v) is 4.37. The molecule has 142 valence electrons. The summed E-state index contributed by atoms with van der Waals surface area (Å²) in [5.74, 6) is -0.957. The molecule has 1 aliphatic rings. The second kappa shape index (κ2) is 8.48. The maximum Gasteiger partial charge on any atom is 0.330 e. The summed E-state index contributed by atoms with van der Waals surface area (Å²) < 4.78 is 4.88. The number of aromatic nitrogens is 2. The van der Waals surface area contributed by atoms with Crippen LogP contribution in [0.2, 0.25) is 0 Å². The lowest BCUT2D eigenvalue weighted by Crippen LogP contribution is -2.37. The van der Waals surface area contributed by atoms with Crippen LogP contribution in [0.25, 0.3) is 11.0 Å². The number of rotatable bonds is 7. The maximum atomic E-state index is 12.6. The molecule has 1 saturated heterocycles. The zero-order chi connectivity index (χ0) is 19.2. The Hall–Kier alpha value is -3.16. The average Bonchev–Trinajstić information content (AvgIpc) is 3.26. The number of amides is 2. The van der Waals surface area contributed by atoms with Crippen LogP contribution >= 0.6 is 0 Å². The zero-order valence-electron chi connectivity index (χ0n) is 15.0. The molecule has 8 nitrogen and oxygen atoms in total. The minimum absolute atomic E-state index is 0.0393. The van der Waals surface area contributed by atoms with Crippen LogP contribution in [0, 0.1) is 5.92 Å². The van der Waals surface area contributed by atoms with Gasteiger partial charge in [-0.15, -0.1) is 0 Å². The van der Waals surface area contributed by atoms with Crippen LogP contribution in [0.5, 0.6) is 0 Å². The van der Waals surface area contributed by atoms with E-state index in [1.165, 1.54) is 6.08 Å². The minimum atomic E-state index is -0.496. The van der Waals surface area contributed by atoms with Crippen LogP contribution in [-0.4, -0.2) is 46.9 Å². The first-order valence-corrected chi connectivity index (χ1v) is 8.95. The molecule has 8 heteroatoms. The maximum absolute atomic E-state index is 12.6. The van der Waals surface area contributed by atoms with Crippen molar-refractivity contribution in [1.29, 1.82) is 0 Å². The highest BCUT2D eigenvalue weighted by Gasteiger charge is 2.27. The summed E-state index contributed by atoms with van der Waals surface area (Å²) >= 11 is 0. The third-order valence-electron chi connectivity index (χ3n) is 4.37. The average molecular weight is 370 g/mol. The number of nitrogens with one attached hydrogen (secondary N) is 3. The van der Waals surface area contributed by atoms with Gasteiger partial charge in [0.1, 0.15) is 0 Å². The number of hydrogen-bond donors (Lipinski definition) is 3. The van der Waals surface area contributed by atoms with Crippen molar-refractivity contribution in [1.82, 2.24) is 20.6 Å². The highest BCUT2D eigenvalue weighted by atomic mass is 16.5. The number of carbonyl (C=O) groups is 3. The van der Waals surface area contributed by atoms with Gasteiger partial charge in [0, 0.05) is 24.6 Å². The summed E-state index contributed by atoms with van der Waals surface area (Å²) in [6.45, 7) is 2.61. The fourth-order valence-electron chi connectivity index (χ4n) is 3.04. The van der Waals surface area contributed by atoms with Gasteiger partial charge in [0.25, 0.3) is 5.91 Å². The highest BCUT2D eigenvalue weighted by Crippen LogP contribution is 2.17. The van der Waals surface area contributed by atoms with E-state index in [1.54, 1.807) is 13.0 Å². The van der Waals surface area contributed by atoms with Gasteiger partial charge in [0.05, 0.1) is 17.6 Å². The smallest absolute Gasteiger partial charge is 0.330 e. The number of para-hydroxylation sites is 2. The van der Waals surface area contributed by atoms with Crippen LogP contribution in [-0.2, 0) is 14.3 Å². The quantitative estimate of drug-likeness (QED) is 0.502. The van der Waals surface area contributed by atoms with E-state index in [0.717, 1.165) is 5.52 Å². The number of H-pyrrole nitrogens is 1.